The maximum atomic E-state index is 10.6. The predicted molar refractivity (Wildman–Crippen MR) is 108 cm³/mol. The van der Waals surface area contributed by atoms with Crippen molar-refractivity contribution in [3.8, 4) is 0 Å². The third-order valence-electron chi connectivity index (χ3n) is 5.69. The minimum Gasteiger partial charge on any atom is -0.394 e. The summed E-state index contributed by atoms with van der Waals surface area (Å²) in [6.45, 7) is -0.390. The average molecular weight is 430 g/mol. The summed E-state index contributed by atoms with van der Waals surface area (Å²) in [6, 6.07) is 3.62. The lowest BCUT2D eigenvalue weighted by Crippen LogP contribution is -2.33. The number of fused-ring (bicyclic) bond motifs is 1. The van der Waals surface area contributed by atoms with Gasteiger partial charge in [0.25, 0.3) is 0 Å². The third kappa shape index (κ3) is 3.72. The van der Waals surface area contributed by atoms with Crippen LogP contribution in [0.3, 0.4) is 0 Å². The van der Waals surface area contributed by atoms with E-state index in [1.54, 1.807) is 16.7 Å². The molecule has 4 rings (SSSR count). The Bertz CT molecular complexity index is 838. The van der Waals surface area contributed by atoms with Crippen LogP contribution in [-0.2, 0) is 4.74 Å². The molecule has 4 atom stereocenters. The lowest BCUT2D eigenvalue weighted by molar-refractivity contribution is -0.0499. The largest absolute Gasteiger partial charge is 0.394 e. The summed E-state index contributed by atoms with van der Waals surface area (Å²) < 4.78 is 7.48. The molecule has 9 heteroatoms. The fraction of sp³-hybridized carbons (Fsp3) is 0.632. The number of rotatable bonds is 4. The van der Waals surface area contributed by atoms with Gasteiger partial charge in [-0.15, -0.1) is 0 Å². The van der Waals surface area contributed by atoms with Crippen LogP contribution in [0.25, 0.3) is 11.0 Å². The molecule has 4 unspecified atom stereocenters. The number of anilines is 1. The number of aromatic nitrogens is 2. The third-order valence-corrected chi connectivity index (χ3v) is 6.41. The van der Waals surface area contributed by atoms with Gasteiger partial charge in [-0.05, 0) is 25.0 Å². The first-order chi connectivity index (χ1) is 13.5. The van der Waals surface area contributed by atoms with Gasteiger partial charge < -0.3 is 25.4 Å². The smallest absolute Gasteiger partial charge is 0.206 e. The van der Waals surface area contributed by atoms with Crippen LogP contribution in [0.4, 0.5) is 5.95 Å². The Kier molecular flexibility index (Phi) is 6.01. The van der Waals surface area contributed by atoms with E-state index in [-0.39, 0.29) is 12.6 Å². The normalized spacial score (nSPS) is 29.3. The zero-order valence-electron chi connectivity index (χ0n) is 15.4. The van der Waals surface area contributed by atoms with Crippen molar-refractivity contribution in [3.05, 3.63) is 22.2 Å². The molecule has 1 saturated heterocycles. The van der Waals surface area contributed by atoms with Gasteiger partial charge in [0.1, 0.15) is 18.3 Å². The molecule has 2 aromatic rings. The summed E-state index contributed by atoms with van der Waals surface area (Å²) in [5.41, 5.74) is 1.25. The molecule has 0 radical (unpaired) electrons. The Morgan fingerprint density at radius 3 is 2.39 bits per heavy atom. The Balaban J connectivity index is 1.76. The Morgan fingerprint density at radius 1 is 1.07 bits per heavy atom. The molecule has 1 aromatic carbocycles. The highest BCUT2D eigenvalue weighted by Crippen LogP contribution is 2.38. The molecule has 2 heterocycles. The number of hydrogen-bond donors (Lipinski definition) is 4. The number of imidazole rings is 1. The summed E-state index contributed by atoms with van der Waals surface area (Å²) in [5, 5.41) is 34.5. The summed E-state index contributed by atoms with van der Waals surface area (Å²) in [6.07, 6.45) is 2.69. The first kappa shape index (κ1) is 20.2. The number of benzene rings is 1. The van der Waals surface area contributed by atoms with Crippen LogP contribution in [0, 0.1) is 0 Å². The van der Waals surface area contributed by atoms with Gasteiger partial charge in [-0.1, -0.05) is 48.9 Å². The number of nitrogens with zero attached hydrogens (tertiary/aromatic N) is 2. The minimum atomic E-state index is -1.21. The van der Waals surface area contributed by atoms with Gasteiger partial charge in [0.15, 0.2) is 6.23 Å². The molecule has 0 spiro atoms. The second-order valence-corrected chi connectivity index (χ2v) is 8.44. The second-order valence-electron chi connectivity index (χ2n) is 7.62. The molecule has 1 aliphatic carbocycles. The van der Waals surface area contributed by atoms with E-state index in [2.05, 4.69) is 10.3 Å². The van der Waals surface area contributed by atoms with Crippen LogP contribution in [0.1, 0.15) is 44.8 Å². The summed E-state index contributed by atoms with van der Waals surface area (Å²) >= 11 is 12.4. The molecule has 154 valence electrons. The number of ether oxygens (including phenoxy) is 1. The van der Waals surface area contributed by atoms with Gasteiger partial charge in [0.05, 0.1) is 27.7 Å². The van der Waals surface area contributed by atoms with Crippen LogP contribution in [-0.4, -0.2) is 55.8 Å². The zero-order valence-corrected chi connectivity index (χ0v) is 16.9. The Hall–Kier alpha value is -1.09. The van der Waals surface area contributed by atoms with Gasteiger partial charge in [-0.25, -0.2) is 4.98 Å². The van der Waals surface area contributed by atoms with E-state index < -0.39 is 24.5 Å². The van der Waals surface area contributed by atoms with Crippen LogP contribution in [0.2, 0.25) is 10.0 Å². The molecule has 1 aliphatic heterocycles. The van der Waals surface area contributed by atoms with E-state index in [9.17, 15) is 15.3 Å². The van der Waals surface area contributed by atoms with Crippen LogP contribution >= 0.6 is 23.2 Å². The lowest BCUT2D eigenvalue weighted by atomic mass is 10.1. The SMILES string of the molecule is OCC1OC(n2c(NC3CCCCCC3)nc3cc(Cl)c(Cl)cc32)C(O)C1O. The van der Waals surface area contributed by atoms with Crippen molar-refractivity contribution >= 4 is 40.2 Å². The number of hydrogen-bond acceptors (Lipinski definition) is 6. The molecule has 1 aromatic heterocycles. The lowest BCUT2D eigenvalue weighted by Gasteiger charge is -2.23. The molecular weight excluding hydrogens is 405 g/mol. The van der Waals surface area contributed by atoms with Gasteiger partial charge in [0, 0.05) is 6.04 Å². The molecular formula is C19H25Cl2N3O4. The van der Waals surface area contributed by atoms with Gasteiger partial charge >= 0.3 is 0 Å². The maximum Gasteiger partial charge on any atom is 0.206 e. The Labute approximate surface area is 173 Å². The Morgan fingerprint density at radius 2 is 1.75 bits per heavy atom. The molecule has 2 fully saturated rings. The summed E-state index contributed by atoms with van der Waals surface area (Å²) in [7, 11) is 0. The quantitative estimate of drug-likeness (QED) is 0.557. The molecule has 1 saturated carbocycles. The average Bonchev–Trinajstić information content (AvgIpc) is 3.00. The predicted octanol–water partition coefficient (Wildman–Crippen LogP) is 3.09. The van der Waals surface area contributed by atoms with E-state index in [4.69, 9.17) is 27.9 Å². The van der Waals surface area contributed by atoms with Crippen LogP contribution < -0.4 is 5.32 Å². The topological polar surface area (TPSA) is 99.8 Å². The second kappa shape index (κ2) is 8.34. The molecule has 7 nitrogen and oxygen atoms in total. The fourth-order valence-corrected chi connectivity index (χ4v) is 4.47. The summed E-state index contributed by atoms with van der Waals surface area (Å²) in [5.74, 6) is 0.537. The monoisotopic (exact) mass is 429 g/mol. The minimum absolute atomic E-state index is 0.265. The van der Waals surface area contributed by atoms with Crippen LogP contribution in [0.5, 0.6) is 0 Å². The first-order valence-electron chi connectivity index (χ1n) is 9.75. The molecule has 28 heavy (non-hydrogen) atoms. The zero-order chi connectivity index (χ0) is 19.8. The van der Waals surface area contributed by atoms with E-state index in [0.717, 1.165) is 25.7 Å². The molecule has 4 N–H and O–H groups in total. The number of aliphatic hydroxyl groups excluding tert-OH is 3. The van der Waals surface area contributed by atoms with Crippen molar-refractivity contribution in [1.82, 2.24) is 9.55 Å². The van der Waals surface area contributed by atoms with E-state index in [0.29, 0.717) is 27.0 Å². The van der Waals surface area contributed by atoms with Crippen LogP contribution in [0.15, 0.2) is 12.1 Å². The molecule has 2 aliphatic rings. The van der Waals surface area contributed by atoms with Crippen molar-refractivity contribution in [2.45, 2.75) is 69.1 Å². The molecule has 0 bridgehead atoms. The van der Waals surface area contributed by atoms with E-state index in [1.165, 1.54) is 12.8 Å². The van der Waals surface area contributed by atoms with E-state index in [1.807, 2.05) is 0 Å². The number of halogens is 2. The fourth-order valence-electron chi connectivity index (χ4n) is 4.15. The van der Waals surface area contributed by atoms with Crippen molar-refractivity contribution < 1.29 is 20.1 Å². The summed E-state index contributed by atoms with van der Waals surface area (Å²) in [4.78, 5) is 4.67. The first-order valence-corrected chi connectivity index (χ1v) is 10.5. The highest BCUT2D eigenvalue weighted by atomic mass is 35.5. The number of aliphatic hydroxyl groups is 3. The van der Waals surface area contributed by atoms with Crippen molar-refractivity contribution in [2.75, 3.05) is 11.9 Å². The number of nitrogens with one attached hydrogen (secondary N) is 1. The van der Waals surface area contributed by atoms with Gasteiger partial charge in [-0.3, -0.25) is 4.57 Å². The highest BCUT2D eigenvalue weighted by molar-refractivity contribution is 6.42. The van der Waals surface area contributed by atoms with Crippen molar-refractivity contribution in [2.24, 2.45) is 0 Å². The van der Waals surface area contributed by atoms with Gasteiger partial charge in [0.2, 0.25) is 5.95 Å². The van der Waals surface area contributed by atoms with Gasteiger partial charge in [-0.2, -0.15) is 0 Å². The highest BCUT2D eigenvalue weighted by Gasteiger charge is 2.44. The van der Waals surface area contributed by atoms with Crippen molar-refractivity contribution in [1.29, 1.82) is 0 Å². The van der Waals surface area contributed by atoms with Crippen molar-refractivity contribution in [3.63, 3.8) is 0 Å². The molecule has 0 amide bonds. The van der Waals surface area contributed by atoms with E-state index >= 15 is 0 Å². The standard InChI is InChI=1S/C19H25Cl2N3O4/c20-11-7-13-14(8-12(11)21)24(18-17(27)16(26)15(9-25)28-18)19(23-13)22-10-5-3-1-2-4-6-10/h7-8,10,15-18,25-27H,1-6,9H2,(H,22,23). The maximum absolute atomic E-state index is 10.6.